The van der Waals surface area contributed by atoms with E-state index in [4.69, 9.17) is 16.3 Å². The van der Waals surface area contributed by atoms with E-state index in [1.807, 2.05) is 28.9 Å². The summed E-state index contributed by atoms with van der Waals surface area (Å²) in [6.07, 6.45) is 4.90. The minimum atomic E-state index is -0.648. The van der Waals surface area contributed by atoms with Gasteiger partial charge in [0.05, 0.1) is 6.54 Å². The number of hydrogen-bond donors (Lipinski definition) is 0. The Labute approximate surface area is 179 Å². The first kappa shape index (κ1) is 20.4. The molecule has 2 heterocycles. The first-order valence-corrected chi connectivity index (χ1v) is 11.2. The van der Waals surface area contributed by atoms with E-state index in [0.29, 0.717) is 11.6 Å². The number of unbranched alkanes of at least 4 members (excludes halogenated alkanes) is 2. The number of rotatable bonds is 9. The van der Waals surface area contributed by atoms with E-state index in [1.165, 1.54) is 25.0 Å². The van der Waals surface area contributed by atoms with Crippen molar-refractivity contribution >= 4 is 23.4 Å². The molecule has 1 fully saturated rings. The summed E-state index contributed by atoms with van der Waals surface area (Å²) in [6, 6.07) is 14.2. The maximum absolute atomic E-state index is 13.5. The Morgan fingerprint density at radius 3 is 2.72 bits per heavy atom. The lowest BCUT2D eigenvalue weighted by Crippen LogP contribution is -2.20. The molecule has 152 valence electrons. The predicted molar refractivity (Wildman–Crippen MR) is 114 cm³/mol. The van der Waals surface area contributed by atoms with E-state index in [9.17, 15) is 4.39 Å². The standard InChI is InChI=1S/C22H23ClFN3OS/c1-2-3-6-13-29-21-25-15-26-27(21)14-22(16-9-11-17(24)12-10-16)20(28-22)18-7-4-5-8-19(18)23/h4-5,7-12,15,20H,2-3,6,13-14H2,1H3/t20-,22-/m1/s1. The minimum absolute atomic E-state index is 0.219. The van der Waals surface area contributed by atoms with Gasteiger partial charge in [0.25, 0.3) is 0 Å². The summed E-state index contributed by atoms with van der Waals surface area (Å²) in [7, 11) is 0. The first-order valence-electron chi connectivity index (χ1n) is 9.83. The summed E-state index contributed by atoms with van der Waals surface area (Å²) in [5.74, 6) is 0.733. The molecule has 0 radical (unpaired) electrons. The zero-order valence-electron chi connectivity index (χ0n) is 16.2. The fourth-order valence-electron chi connectivity index (χ4n) is 3.55. The Balaban J connectivity index is 1.61. The highest BCUT2D eigenvalue weighted by molar-refractivity contribution is 7.99. The third-order valence-electron chi connectivity index (χ3n) is 5.16. The van der Waals surface area contributed by atoms with Crippen molar-refractivity contribution in [2.24, 2.45) is 0 Å². The largest absolute Gasteiger partial charge is 0.354 e. The summed E-state index contributed by atoms with van der Waals surface area (Å²) < 4.78 is 21.7. The number of nitrogens with zero attached hydrogens (tertiary/aromatic N) is 3. The van der Waals surface area contributed by atoms with Crippen LogP contribution in [0.1, 0.15) is 43.4 Å². The van der Waals surface area contributed by atoms with E-state index in [0.717, 1.165) is 28.5 Å². The van der Waals surface area contributed by atoms with Crippen molar-refractivity contribution in [3.8, 4) is 0 Å². The fraction of sp³-hybridized carbons (Fsp3) is 0.364. The zero-order valence-corrected chi connectivity index (χ0v) is 17.8. The van der Waals surface area contributed by atoms with Crippen molar-refractivity contribution in [2.75, 3.05) is 5.75 Å². The molecule has 0 spiro atoms. The molecule has 1 aliphatic heterocycles. The van der Waals surface area contributed by atoms with Crippen LogP contribution in [0.3, 0.4) is 0 Å². The molecule has 2 atom stereocenters. The predicted octanol–water partition coefficient (Wildman–Crippen LogP) is 6.02. The van der Waals surface area contributed by atoms with Crippen molar-refractivity contribution in [3.63, 3.8) is 0 Å². The van der Waals surface area contributed by atoms with E-state index >= 15 is 0 Å². The highest BCUT2D eigenvalue weighted by Crippen LogP contribution is 2.59. The highest BCUT2D eigenvalue weighted by Gasteiger charge is 2.59. The van der Waals surface area contributed by atoms with Gasteiger partial charge in [-0.3, -0.25) is 0 Å². The van der Waals surface area contributed by atoms with E-state index < -0.39 is 5.60 Å². The number of ether oxygens (including phenoxy) is 1. The van der Waals surface area contributed by atoms with E-state index in [-0.39, 0.29) is 11.9 Å². The second-order valence-corrected chi connectivity index (χ2v) is 8.64. The van der Waals surface area contributed by atoms with Gasteiger partial charge in [0.1, 0.15) is 23.8 Å². The molecule has 0 unspecified atom stereocenters. The number of epoxide rings is 1. The van der Waals surface area contributed by atoms with Gasteiger partial charge in [-0.05, 0) is 30.2 Å². The summed E-state index contributed by atoms with van der Waals surface area (Å²) in [4.78, 5) is 4.42. The lowest BCUT2D eigenvalue weighted by molar-refractivity contribution is 0.256. The normalized spacial score (nSPS) is 20.7. The minimum Gasteiger partial charge on any atom is -0.354 e. The maximum atomic E-state index is 13.5. The SMILES string of the molecule is CCCCCSc1ncnn1C[C@]1(c2ccc(F)cc2)O[C@@H]1c1ccccc1Cl. The van der Waals surface area contributed by atoms with Gasteiger partial charge in [-0.1, -0.05) is 73.5 Å². The molecule has 0 bridgehead atoms. The molecule has 2 aromatic carbocycles. The van der Waals surface area contributed by atoms with Gasteiger partial charge in [0.15, 0.2) is 5.16 Å². The first-order chi connectivity index (χ1) is 14.1. The zero-order chi connectivity index (χ0) is 20.3. The second-order valence-electron chi connectivity index (χ2n) is 7.17. The lowest BCUT2D eigenvalue weighted by atomic mass is 9.91. The van der Waals surface area contributed by atoms with Gasteiger partial charge < -0.3 is 4.74 Å². The van der Waals surface area contributed by atoms with Gasteiger partial charge in [-0.15, -0.1) is 0 Å². The van der Waals surface area contributed by atoms with Gasteiger partial charge >= 0.3 is 0 Å². The van der Waals surface area contributed by atoms with Crippen LogP contribution in [0.4, 0.5) is 4.39 Å². The van der Waals surface area contributed by atoms with Crippen LogP contribution in [0.2, 0.25) is 5.02 Å². The monoisotopic (exact) mass is 431 g/mol. The Morgan fingerprint density at radius 2 is 1.97 bits per heavy atom. The van der Waals surface area contributed by atoms with Crippen LogP contribution < -0.4 is 0 Å². The molecule has 0 saturated carbocycles. The Hall–Kier alpha value is -1.89. The summed E-state index contributed by atoms with van der Waals surface area (Å²) >= 11 is 8.14. The topological polar surface area (TPSA) is 43.2 Å². The molecule has 0 amide bonds. The van der Waals surface area contributed by atoms with Crippen LogP contribution in [0.25, 0.3) is 0 Å². The molecule has 7 heteroatoms. The maximum Gasteiger partial charge on any atom is 0.186 e. The summed E-state index contributed by atoms with van der Waals surface area (Å²) in [5, 5.41) is 5.96. The van der Waals surface area contributed by atoms with Gasteiger partial charge in [0, 0.05) is 16.3 Å². The molecule has 0 aliphatic carbocycles. The molecule has 3 aromatic rings. The van der Waals surface area contributed by atoms with Crippen molar-refractivity contribution < 1.29 is 9.13 Å². The highest BCUT2D eigenvalue weighted by atomic mass is 35.5. The Morgan fingerprint density at radius 1 is 1.17 bits per heavy atom. The molecular weight excluding hydrogens is 409 g/mol. The number of aromatic nitrogens is 3. The average molecular weight is 432 g/mol. The van der Waals surface area contributed by atoms with Crippen LogP contribution >= 0.6 is 23.4 Å². The molecule has 0 N–H and O–H groups in total. The third-order valence-corrected chi connectivity index (χ3v) is 6.57. The van der Waals surface area contributed by atoms with Crippen LogP contribution in [0.15, 0.2) is 60.0 Å². The van der Waals surface area contributed by atoms with Crippen LogP contribution in [-0.4, -0.2) is 20.5 Å². The summed E-state index contributed by atoms with van der Waals surface area (Å²) in [6.45, 7) is 2.68. The number of halogens is 2. The summed E-state index contributed by atoms with van der Waals surface area (Å²) in [5.41, 5.74) is 1.18. The molecule has 1 saturated heterocycles. The van der Waals surface area contributed by atoms with Gasteiger partial charge in [0.2, 0.25) is 0 Å². The molecule has 1 aromatic heterocycles. The van der Waals surface area contributed by atoms with Crippen LogP contribution in [-0.2, 0) is 16.9 Å². The van der Waals surface area contributed by atoms with Crippen molar-refractivity contribution in [2.45, 2.75) is 49.6 Å². The van der Waals surface area contributed by atoms with Crippen LogP contribution in [0, 0.1) is 5.82 Å². The molecule has 4 rings (SSSR count). The van der Waals surface area contributed by atoms with Gasteiger partial charge in [-0.2, -0.15) is 5.10 Å². The van der Waals surface area contributed by atoms with Crippen molar-refractivity contribution in [3.05, 3.63) is 76.8 Å². The molecule has 4 nitrogen and oxygen atoms in total. The Kier molecular flexibility index (Phi) is 6.23. The fourth-order valence-corrected chi connectivity index (χ4v) is 4.70. The van der Waals surface area contributed by atoms with Gasteiger partial charge in [-0.25, -0.2) is 14.1 Å². The van der Waals surface area contributed by atoms with Crippen LogP contribution in [0.5, 0.6) is 0 Å². The quantitative estimate of drug-likeness (QED) is 0.236. The van der Waals surface area contributed by atoms with E-state index in [2.05, 4.69) is 17.0 Å². The molecular formula is C22H23ClFN3OS. The number of hydrogen-bond acceptors (Lipinski definition) is 4. The van der Waals surface area contributed by atoms with Crippen molar-refractivity contribution in [1.29, 1.82) is 0 Å². The Bertz CT molecular complexity index is 965. The second kappa shape index (κ2) is 8.86. The average Bonchev–Trinajstić information content (AvgIpc) is 3.27. The van der Waals surface area contributed by atoms with Crippen molar-refractivity contribution in [1.82, 2.24) is 14.8 Å². The molecule has 1 aliphatic rings. The lowest BCUT2D eigenvalue weighted by Gasteiger charge is -2.16. The third kappa shape index (κ3) is 4.34. The number of benzene rings is 2. The smallest absolute Gasteiger partial charge is 0.186 e. The number of thioether (sulfide) groups is 1. The van der Waals surface area contributed by atoms with E-state index in [1.54, 1.807) is 30.2 Å². The molecule has 29 heavy (non-hydrogen) atoms.